The van der Waals surface area contributed by atoms with Gasteiger partial charge in [0, 0.05) is 13.1 Å². The van der Waals surface area contributed by atoms with E-state index in [0.717, 1.165) is 0 Å². The van der Waals surface area contributed by atoms with Crippen LogP contribution in [-0.2, 0) is 4.74 Å². The van der Waals surface area contributed by atoms with Gasteiger partial charge in [-0.05, 0) is 0 Å². The molecule has 2 amide bonds. The fourth-order valence-electron chi connectivity index (χ4n) is 1.16. The van der Waals surface area contributed by atoms with Crippen molar-refractivity contribution < 1.29 is 9.53 Å². The zero-order chi connectivity index (χ0) is 9.80. The van der Waals surface area contributed by atoms with Crippen LogP contribution in [0.3, 0.4) is 0 Å². The van der Waals surface area contributed by atoms with E-state index in [-0.39, 0.29) is 6.03 Å². The molecule has 2 rings (SSSR count). The number of urea groups is 1. The van der Waals surface area contributed by atoms with Gasteiger partial charge in [-0.3, -0.25) is 5.32 Å². The number of nitrogens with one attached hydrogen (secondary N) is 1. The van der Waals surface area contributed by atoms with Crippen LogP contribution in [0.5, 0.6) is 0 Å². The average molecular weight is 214 g/mol. The van der Waals surface area contributed by atoms with E-state index in [1.165, 1.54) is 11.3 Å². The molecule has 0 saturated carbocycles. The molecule has 0 bridgehead atoms. The molecule has 7 heteroatoms. The fraction of sp³-hybridized carbons (Fsp3) is 0.571. The second kappa shape index (κ2) is 4.34. The molecule has 14 heavy (non-hydrogen) atoms. The van der Waals surface area contributed by atoms with Gasteiger partial charge in [-0.25, -0.2) is 4.79 Å². The van der Waals surface area contributed by atoms with Gasteiger partial charge in [0.1, 0.15) is 5.51 Å². The lowest BCUT2D eigenvalue weighted by molar-refractivity contribution is 0.0564. The van der Waals surface area contributed by atoms with Crippen LogP contribution in [-0.4, -0.2) is 47.4 Å². The van der Waals surface area contributed by atoms with Gasteiger partial charge in [0.25, 0.3) is 0 Å². The first-order valence-corrected chi connectivity index (χ1v) is 5.14. The smallest absolute Gasteiger partial charge is 0.323 e. The maximum absolute atomic E-state index is 11.6. The van der Waals surface area contributed by atoms with E-state index in [9.17, 15) is 4.79 Å². The Hall–Kier alpha value is -1.21. The molecule has 76 valence electrons. The second-order valence-electron chi connectivity index (χ2n) is 2.77. The number of aromatic nitrogens is 2. The van der Waals surface area contributed by atoms with E-state index >= 15 is 0 Å². The summed E-state index contributed by atoms with van der Waals surface area (Å²) in [4.78, 5) is 13.3. The minimum Gasteiger partial charge on any atom is -0.378 e. The number of nitrogens with zero attached hydrogens (tertiary/aromatic N) is 3. The zero-order valence-corrected chi connectivity index (χ0v) is 8.29. The van der Waals surface area contributed by atoms with E-state index in [4.69, 9.17) is 4.74 Å². The fourth-order valence-corrected chi connectivity index (χ4v) is 1.60. The van der Waals surface area contributed by atoms with Crippen LogP contribution >= 0.6 is 11.3 Å². The number of hydrogen-bond donors (Lipinski definition) is 1. The Labute approximate surface area is 84.9 Å². The van der Waals surface area contributed by atoms with E-state index in [1.54, 1.807) is 10.4 Å². The van der Waals surface area contributed by atoms with Gasteiger partial charge in [-0.2, -0.15) is 0 Å². The number of ether oxygens (including phenoxy) is 1. The molecule has 1 aromatic rings. The molecular weight excluding hydrogens is 204 g/mol. The minimum absolute atomic E-state index is 0.134. The molecule has 0 aliphatic carbocycles. The molecule has 0 atom stereocenters. The standard InChI is InChI=1S/C7H10N4O2S/c12-7(9-6-10-8-5-14-6)11-1-3-13-4-2-11/h5H,1-4H2,(H,9,10,12). The van der Waals surface area contributed by atoms with Crippen molar-refractivity contribution in [2.45, 2.75) is 0 Å². The van der Waals surface area contributed by atoms with E-state index in [2.05, 4.69) is 15.5 Å². The SMILES string of the molecule is O=C(Nc1nncs1)N1CCOCC1. The molecule has 2 heterocycles. The third-order valence-electron chi connectivity index (χ3n) is 1.87. The summed E-state index contributed by atoms with van der Waals surface area (Å²) in [5.74, 6) is 0. The van der Waals surface area contributed by atoms with Crippen LogP contribution < -0.4 is 5.32 Å². The average Bonchev–Trinajstić information content (AvgIpc) is 2.72. The highest BCUT2D eigenvalue weighted by atomic mass is 32.1. The van der Waals surface area contributed by atoms with E-state index in [0.29, 0.717) is 31.4 Å². The van der Waals surface area contributed by atoms with Gasteiger partial charge in [-0.15, -0.1) is 10.2 Å². The molecule has 0 unspecified atom stereocenters. The number of anilines is 1. The summed E-state index contributed by atoms with van der Waals surface area (Å²) < 4.78 is 5.14. The summed E-state index contributed by atoms with van der Waals surface area (Å²) in [7, 11) is 0. The number of carbonyl (C=O) groups excluding carboxylic acids is 1. The molecule has 0 radical (unpaired) electrons. The van der Waals surface area contributed by atoms with Crippen LogP contribution in [0.15, 0.2) is 5.51 Å². The van der Waals surface area contributed by atoms with Crippen molar-refractivity contribution in [2.75, 3.05) is 31.6 Å². The van der Waals surface area contributed by atoms with Gasteiger partial charge >= 0.3 is 6.03 Å². The van der Waals surface area contributed by atoms with Crippen LogP contribution in [0.1, 0.15) is 0 Å². The highest BCUT2D eigenvalue weighted by Crippen LogP contribution is 2.09. The minimum atomic E-state index is -0.134. The molecule has 0 spiro atoms. The second-order valence-corrected chi connectivity index (χ2v) is 3.61. The monoisotopic (exact) mass is 214 g/mol. The summed E-state index contributed by atoms with van der Waals surface area (Å²) >= 11 is 1.30. The molecule has 1 saturated heterocycles. The lowest BCUT2D eigenvalue weighted by atomic mass is 10.4. The predicted octanol–water partition coefficient (Wildman–Crippen LogP) is 0.402. The Bertz CT molecular complexity index is 297. The summed E-state index contributed by atoms with van der Waals surface area (Å²) in [6.45, 7) is 2.46. The highest BCUT2D eigenvalue weighted by Gasteiger charge is 2.17. The van der Waals surface area contributed by atoms with Gasteiger partial charge < -0.3 is 9.64 Å². The van der Waals surface area contributed by atoms with Crippen molar-refractivity contribution in [1.82, 2.24) is 15.1 Å². The van der Waals surface area contributed by atoms with Crippen molar-refractivity contribution in [2.24, 2.45) is 0 Å². The molecule has 1 N–H and O–H groups in total. The Kier molecular flexibility index (Phi) is 2.90. The Morgan fingerprint density at radius 3 is 3.00 bits per heavy atom. The van der Waals surface area contributed by atoms with Crippen LogP contribution in [0.4, 0.5) is 9.93 Å². The molecule has 1 fully saturated rings. The number of amides is 2. The first kappa shape index (κ1) is 9.35. The van der Waals surface area contributed by atoms with Crippen molar-refractivity contribution in [3.8, 4) is 0 Å². The lowest BCUT2D eigenvalue weighted by Crippen LogP contribution is -2.43. The molecule has 1 aliphatic rings. The Morgan fingerprint density at radius 1 is 1.57 bits per heavy atom. The summed E-state index contributed by atoms with van der Waals surface area (Å²) in [5.41, 5.74) is 1.58. The lowest BCUT2D eigenvalue weighted by Gasteiger charge is -2.26. The van der Waals surface area contributed by atoms with E-state index in [1.807, 2.05) is 0 Å². The van der Waals surface area contributed by atoms with Gasteiger partial charge in [0.2, 0.25) is 5.13 Å². The largest absolute Gasteiger partial charge is 0.378 e. The van der Waals surface area contributed by atoms with E-state index < -0.39 is 0 Å². The zero-order valence-electron chi connectivity index (χ0n) is 7.47. The molecular formula is C7H10N4O2S. The number of hydrogen-bond acceptors (Lipinski definition) is 5. The van der Waals surface area contributed by atoms with Crippen molar-refractivity contribution in [3.63, 3.8) is 0 Å². The van der Waals surface area contributed by atoms with Crippen LogP contribution in [0, 0.1) is 0 Å². The van der Waals surface area contributed by atoms with Crippen molar-refractivity contribution in [3.05, 3.63) is 5.51 Å². The number of carbonyl (C=O) groups is 1. The van der Waals surface area contributed by atoms with Crippen LogP contribution in [0.25, 0.3) is 0 Å². The molecule has 1 aromatic heterocycles. The van der Waals surface area contributed by atoms with Gasteiger partial charge in [0.05, 0.1) is 13.2 Å². The van der Waals surface area contributed by atoms with Gasteiger partial charge in [0.15, 0.2) is 0 Å². The third kappa shape index (κ3) is 2.18. The van der Waals surface area contributed by atoms with Crippen molar-refractivity contribution in [1.29, 1.82) is 0 Å². The van der Waals surface area contributed by atoms with Crippen LogP contribution in [0.2, 0.25) is 0 Å². The molecule has 6 nitrogen and oxygen atoms in total. The summed E-state index contributed by atoms with van der Waals surface area (Å²) in [5, 5.41) is 10.6. The topological polar surface area (TPSA) is 67.4 Å². The maximum Gasteiger partial charge on any atom is 0.323 e. The Balaban J connectivity index is 1.88. The predicted molar refractivity (Wildman–Crippen MR) is 51.3 cm³/mol. The summed E-state index contributed by atoms with van der Waals surface area (Å²) in [6, 6.07) is -0.134. The van der Waals surface area contributed by atoms with Gasteiger partial charge in [-0.1, -0.05) is 11.3 Å². The third-order valence-corrected chi connectivity index (χ3v) is 2.48. The highest BCUT2D eigenvalue weighted by molar-refractivity contribution is 7.13. The number of rotatable bonds is 1. The first-order valence-electron chi connectivity index (χ1n) is 4.26. The quantitative estimate of drug-likeness (QED) is 0.735. The Morgan fingerprint density at radius 2 is 2.36 bits per heavy atom. The maximum atomic E-state index is 11.6. The summed E-state index contributed by atoms with van der Waals surface area (Å²) in [6.07, 6.45) is 0. The normalized spacial score (nSPS) is 16.7. The molecule has 0 aromatic carbocycles. The van der Waals surface area contributed by atoms with Crippen molar-refractivity contribution >= 4 is 22.5 Å². The first-order chi connectivity index (χ1) is 6.86. The number of morpholine rings is 1. The molecule has 1 aliphatic heterocycles.